The Kier molecular flexibility index (Phi) is 2.94. The van der Waals surface area contributed by atoms with E-state index in [1.54, 1.807) is 6.07 Å². The largest absolute Gasteiger partial charge is 0.386 e. The predicted molar refractivity (Wildman–Crippen MR) is 88.1 cm³/mol. The Labute approximate surface area is 131 Å². The Hall–Kier alpha value is -2.76. The molecule has 0 amide bonds. The fourth-order valence-corrected chi connectivity index (χ4v) is 3.30. The van der Waals surface area contributed by atoms with Crippen molar-refractivity contribution >= 4 is 33.3 Å². The van der Waals surface area contributed by atoms with Crippen molar-refractivity contribution in [3.63, 3.8) is 0 Å². The summed E-state index contributed by atoms with van der Waals surface area (Å²) in [4.78, 5) is 11.0. The van der Waals surface area contributed by atoms with Gasteiger partial charge >= 0.3 is 0 Å². The summed E-state index contributed by atoms with van der Waals surface area (Å²) in [5, 5.41) is 35.0. The van der Waals surface area contributed by atoms with Gasteiger partial charge in [-0.15, -0.1) is 0 Å². The summed E-state index contributed by atoms with van der Waals surface area (Å²) in [7, 11) is 0. The van der Waals surface area contributed by atoms with Gasteiger partial charge in [-0.05, 0) is 27.6 Å². The molecule has 2 atom stereocenters. The van der Waals surface area contributed by atoms with Gasteiger partial charge in [0.1, 0.15) is 12.2 Å². The monoisotopic (exact) mass is 307 g/mol. The lowest BCUT2D eigenvalue weighted by atomic mass is 9.86. The zero-order chi connectivity index (χ0) is 16.1. The molecule has 3 aromatic rings. The third kappa shape index (κ3) is 1.94. The molecule has 1 aliphatic rings. The Morgan fingerprint density at radius 1 is 1.00 bits per heavy atom. The molecular formula is C18H13NO4. The molecule has 0 saturated heterocycles. The maximum atomic E-state index is 11.5. The van der Waals surface area contributed by atoms with E-state index >= 15 is 0 Å². The second-order valence-electron chi connectivity index (χ2n) is 5.66. The van der Waals surface area contributed by atoms with Gasteiger partial charge in [-0.1, -0.05) is 42.5 Å². The zero-order valence-electron chi connectivity index (χ0n) is 12.0. The summed E-state index contributed by atoms with van der Waals surface area (Å²) in [6, 6.07) is 12.9. The van der Waals surface area contributed by atoms with E-state index in [2.05, 4.69) is 0 Å². The molecule has 2 N–H and O–H groups in total. The Bertz CT molecular complexity index is 993. The first kappa shape index (κ1) is 13.9. The van der Waals surface area contributed by atoms with Crippen molar-refractivity contribution in [3.8, 4) is 0 Å². The van der Waals surface area contributed by atoms with Crippen LogP contribution >= 0.6 is 0 Å². The standard InChI is InChI=1S/C18H13NO4/c20-16-8-7-13-15(19(22)23)9-14-11-4-2-1-3-10(11)5-6-12(14)17(13)18(16)21/h1-9,16,18,20-21H. The molecule has 4 rings (SSSR count). The van der Waals surface area contributed by atoms with Crippen LogP contribution in [0.3, 0.4) is 0 Å². The molecule has 0 fully saturated rings. The highest BCUT2D eigenvalue weighted by Gasteiger charge is 2.30. The molecule has 3 aromatic carbocycles. The Morgan fingerprint density at radius 3 is 2.57 bits per heavy atom. The van der Waals surface area contributed by atoms with Crippen molar-refractivity contribution in [2.75, 3.05) is 0 Å². The van der Waals surface area contributed by atoms with Gasteiger partial charge in [0.2, 0.25) is 0 Å². The van der Waals surface area contributed by atoms with Crippen molar-refractivity contribution in [2.24, 2.45) is 0 Å². The summed E-state index contributed by atoms with van der Waals surface area (Å²) < 4.78 is 0. The second-order valence-corrected chi connectivity index (χ2v) is 5.66. The number of hydrogen-bond donors (Lipinski definition) is 2. The van der Waals surface area contributed by atoms with Gasteiger partial charge in [0.05, 0.1) is 10.5 Å². The number of rotatable bonds is 1. The van der Waals surface area contributed by atoms with E-state index in [1.165, 1.54) is 12.2 Å². The minimum absolute atomic E-state index is 0.0638. The first-order valence-corrected chi connectivity index (χ1v) is 7.25. The number of nitro benzene ring substituents is 1. The molecule has 1 aliphatic carbocycles. The normalized spacial score (nSPS) is 19.9. The summed E-state index contributed by atoms with van der Waals surface area (Å²) in [5.74, 6) is 0. The summed E-state index contributed by atoms with van der Waals surface area (Å²) in [6.07, 6.45) is 0.643. The molecule has 114 valence electrons. The first-order chi connectivity index (χ1) is 11.1. The average molecular weight is 307 g/mol. The van der Waals surface area contributed by atoms with Gasteiger partial charge in [-0.3, -0.25) is 10.1 Å². The lowest BCUT2D eigenvalue weighted by Gasteiger charge is -2.24. The molecular weight excluding hydrogens is 294 g/mol. The molecule has 0 aromatic heterocycles. The van der Waals surface area contributed by atoms with Crippen LogP contribution in [-0.2, 0) is 0 Å². The second kappa shape index (κ2) is 4.87. The third-order valence-corrected chi connectivity index (χ3v) is 4.38. The molecule has 5 heteroatoms. The lowest BCUT2D eigenvalue weighted by Crippen LogP contribution is -2.20. The Morgan fingerprint density at radius 2 is 1.78 bits per heavy atom. The van der Waals surface area contributed by atoms with E-state index in [9.17, 15) is 20.3 Å². The zero-order valence-corrected chi connectivity index (χ0v) is 12.0. The minimum atomic E-state index is -1.18. The van der Waals surface area contributed by atoms with Crippen LogP contribution in [0, 0.1) is 10.1 Å². The van der Waals surface area contributed by atoms with Gasteiger partial charge in [0, 0.05) is 11.6 Å². The van der Waals surface area contributed by atoms with E-state index in [1.807, 2.05) is 36.4 Å². The van der Waals surface area contributed by atoms with Gasteiger partial charge in [-0.2, -0.15) is 0 Å². The van der Waals surface area contributed by atoms with E-state index < -0.39 is 17.1 Å². The van der Waals surface area contributed by atoms with Crippen molar-refractivity contribution < 1.29 is 15.1 Å². The highest BCUT2D eigenvalue weighted by atomic mass is 16.6. The summed E-state index contributed by atoms with van der Waals surface area (Å²) in [5.41, 5.74) is 0.705. The van der Waals surface area contributed by atoms with Gasteiger partial charge in [0.15, 0.2) is 0 Å². The van der Waals surface area contributed by atoms with Crippen molar-refractivity contribution in [1.82, 2.24) is 0 Å². The van der Waals surface area contributed by atoms with Crippen molar-refractivity contribution in [1.29, 1.82) is 0 Å². The topological polar surface area (TPSA) is 83.6 Å². The third-order valence-electron chi connectivity index (χ3n) is 4.38. The van der Waals surface area contributed by atoms with Crippen LogP contribution in [0.5, 0.6) is 0 Å². The smallest absolute Gasteiger partial charge is 0.277 e. The van der Waals surface area contributed by atoms with Crippen LogP contribution < -0.4 is 0 Å². The number of aliphatic hydroxyl groups excluding tert-OH is 2. The van der Waals surface area contributed by atoms with Crippen molar-refractivity contribution in [3.05, 3.63) is 69.8 Å². The number of fused-ring (bicyclic) bond motifs is 5. The number of hydrogen-bond acceptors (Lipinski definition) is 4. The average Bonchev–Trinajstić information content (AvgIpc) is 2.56. The van der Waals surface area contributed by atoms with Crippen LogP contribution in [0.1, 0.15) is 17.2 Å². The van der Waals surface area contributed by atoms with Crippen LogP contribution in [0.4, 0.5) is 5.69 Å². The van der Waals surface area contributed by atoms with E-state index in [0.29, 0.717) is 16.5 Å². The van der Waals surface area contributed by atoms with Crippen molar-refractivity contribution in [2.45, 2.75) is 12.2 Å². The molecule has 0 aliphatic heterocycles. The van der Waals surface area contributed by atoms with Crippen LogP contribution in [0.2, 0.25) is 0 Å². The maximum absolute atomic E-state index is 11.5. The number of nitrogens with zero attached hydrogens (tertiary/aromatic N) is 1. The highest BCUT2D eigenvalue weighted by Crippen LogP contribution is 2.41. The molecule has 5 nitrogen and oxygen atoms in total. The van der Waals surface area contributed by atoms with E-state index in [4.69, 9.17) is 0 Å². The predicted octanol–water partition coefficient (Wildman–Crippen LogP) is 3.32. The SMILES string of the molecule is O=[N+]([O-])c1cc2c(ccc3ccccc32)c2c1C=CC(O)C2O. The number of nitro groups is 1. The molecule has 0 heterocycles. The molecule has 0 radical (unpaired) electrons. The molecule has 23 heavy (non-hydrogen) atoms. The Balaban J connectivity index is 2.22. The minimum Gasteiger partial charge on any atom is -0.386 e. The molecule has 2 unspecified atom stereocenters. The number of aliphatic hydroxyl groups is 2. The van der Waals surface area contributed by atoms with Gasteiger partial charge in [-0.25, -0.2) is 0 Å². The number of benzene rings is 3. The van der Waals surface area contributed by atoms with E-state index in [0.717, 1.165) is 16.2 Å². The quantitative estimate of drug-likeness (QED) is 0.410. The van der Waals surface area contributed by atoms with Crippen LogP contribution in [0.25, 0.3) is 27.6 Å². The first-order valence-electron chi connectivity index (χ1n) is 7.25. The van der Waals surface area contributed by atoms with Gasteiger partial charge in [0.25, 0.3) is 5.69 Å². The molecule has 0 saturated carbocycles. The summed E-state index contributed by atoms with van der Waals surface area (Å²) >= 11 is 0. The van der Waals surface area contributed by atoms with Crippen LogP contribution in [-0.4, -0.2) is 21.2 Å². The maximum Gasteiger partial charge on any atom is 0.277 e. The fourth-order valence-electron chi connectivity index (χ4n) is 3.30. The fraction of sp³-hybridized carbons (Fsp3) is 0.111. The summed E-state index contributed by atoms with van der Waals surface area (Å²) in [6.45, 7) is 0. The van der Waals surface area contributed by atoms with Gasteiger partial charge < -0.3 is 10.2 Å². The lowest BCUT2D eigenvalue weighted by molar-refractivity contribution is -0.385. The molecule has 0 spiro atoms. The molecule has 0 bridgehead atoms. The van der Waals surface area contributed by atoms with E-state index in [-0.39, 0.29) is 5.69 Å². The van der Waals surface area contributed by atoms with Crippen LogP contribution in [0.15, 0.2) is 48.5 Å². The highest BCUT2D eigenvalue weighted by molar-refractivity contribution is 6.10.